The van der Waals surface area contributed by atoms with E-state index >= 15 is 0 Å². The quantitative estimate of drug-likeness (QED) is 0.578. The third-order valence-electron chi connectivity index (χ3n) is 4.38. The summed E-state index contributed by atoms with van der Waals surface area (Å²) in [5.74, 6) is 0.279. The molecule has 7 nitrogen and oxygen atoms in total. The molecule has 1 aromatic carbocycles. The SMILES string of the molecule is CC(=O)c1ccc(S(=O)(=O)N2CCN(C(=O)C=Cc3ccco3)CC2)cc1. The van der Waals surface area contributed by atoms with Crippen LogP contribution in [0, 0.1) is 0 Å². The lowest BCUT2D eigenvalue weighted by Crippen LogP contribution is -2.50. The highest BCUT2D eigenvalue weighted by molar-refractivity contribution is 7.89. The molecule has 0 N–H and O–H groups in total. The van der Waals surface area contributed by atoms with Crippen molar-refractivity contribution >= 4 is 27.8 Å². The van der Waals surface area contributed by atoms with Gasteiger partial charge in [-0.15, -0.1) is 0 Å². The van der Waals surface area contributed by atoms with E-state index in [1.807, 2.05) is 0 Å². The number of carbonyl (C=O) groups is 2. The third-order valence-corrected chi connectivity index (χ3v) is 6.30. The van der Waals surface area contributed by atoms with E-state index in [0.717, 1.165) is 0 Å². The van der Waals surface area contributed by atoms with E-state index in [9.17, 15) is 18.0 Å². The molecule has 1 aromatic heterocycles. The van der Waals surface area contributed by atoms with E-state index in [0.29, 0.717) is 24.4 Å². The fraction of sp³-hybridized carbons (Fsp3) is 0.263. The maximum absolute atomic E-state index is 12.7. The minimum Gasteiger partial charge on any atom is -0.465 e. The maximum Gasteiger partial charge on any atom is 0.246 e. The minimum atomic E-state index is -3.65. The third kappa shape index (κ3) is 4.35. The fourth-order valence-corrected chi connectivity index (χ4v) is 4.23. The van der Waals surface area contributed by atoms with Crippen LogP contribution >= 0.6 is 0 Å². The number of carbonyl (C=O) groups excluding carboxylic acids is 2. The Labute approximate surface area is 157 Å². The highest BCUT2D eigenvalue weighted by atomic mass is 32.2. The average molecular weight is 388 g/mol. The molecule has 0 radical (unpaired) electrons. The molecule has 27 heavy (non-hydrogen) atoms. The van der Waals surface area contributed by atoms with Crippen LogP contribution in [-0.2, 0) is 14.8 Å². The van der Waals surface area contributed by atoms with Crippen LogP contribution in [0.2, 0.25) is 0 Å². The number of piperazine rings is 1. The van der Waals surface area contributed by atoms with Crippen LogP contribution in [0.1, 0.15) is 23.0 Å². The highest BCUT2D eigenvalue weighted by Crippen LogP contribution is 2.19. The molecule has 3 rings (SSSR count). The first kappa shape index (κ1) is 19.1. The van der Waals surface area contributed by atoms with Gasteiger partial charge in [0.1, 0.15) is 5.76 Å². The standard InChI is InChI=1S/C19H20N2O5S/c1-15(22)16-4-7-18(8-5-16)27(24,25)21-12-10-20(11-13-21)19(23)9-6-17-3-2-14-26-17/h2-9,14H,10-13H2,1H3. The molecular formula is C19H20N2O5S. The number of amides is 1. The van der Waals surface area contributed by atoms with Crippen molar-refractivity contribution in [2.24, 2.45) is 0 Å². The van der Waals surface area contributed by atoms with Gasteiger partial charge in [-0.2, -0.15) is 4.31 Å². The van der Waals surface area contributed by atoms with Gasteiger partial charge in [0, 0.05) is 37.8 Å². The fourth-order valence-electron chi connectivity index (χ4n) is 2.80. The average Bonchev–Trinajstić information content (AvgIpc) is 3.20. The summed E-state index contributed by atoms with van der Waals surface area (Å²) in [6, 6.07) is 9.37. The number of Topliss-reactive ketones (excluding diaryl/α,β-unsaturated/α-hetero) is 1. The Morgan fingerprint density at radius 1 is 1.04 bits per heavy atom. The topological polar surface area (TPSA) is 87.9 Å². The molecule has 1 saturated heterocycles. The van der Waals surface area contributed by atoms with Crippen LogP contribution < -0.4 is 0 Å². The second-order valence-corrected chi connectivity index (χ2v) is 8.10. The highest BCUT2D eigenvalue weighted by Gasteiger charge is 2.29. The molecule has 0 spiro atoms. The van der Waals surface area contributed by atoms with Crippen LogP contribution in [0.15, 0.2) is 58.1 Å². The van der Waals surface area contributed by atoms with Crippen LogP contribution in [-0.4, -0.2) is 55.5 Å². The van der Waals surface area contributed by atoms with E-state index < -0.39 is 10.0 Å². The van der Waals surface area contributed by atoms with Crippen molar-refractivity contribution < 1.29 is 22.4 Å². The van der Waals surface area contributed by atoms with Gasteiger partial charge in [0.15, 0.2) is 5.78 Å². The van der Waals surface area contributed by atoms with Gasteiger partial charge in [-0.3, -0.25) is 9.59 Å². The van der Waals surface area contributed by atoms with Gasteiger partial charge < -0.3 is 9.32 Å². The van der Waals surface area contributed by atoms with Gasteiger partial charge in [0.25, 0.3) is 0 Å². The Morgan fingerprint density at radius 2 is 1.70 bits per heavy atom. The number of benzene rings is 1. The summed E-state index contributed by atoms with van der Waals surface area (Å²) in [5, 5.41) is 0. The molecule has 142 valence electrons. The van der Waals surface area contributed by atoms with Gasteiger partial charge in [-0.1, -0.05) is 12.1 Å². The van der Waals surface area contributed by atoms with Crippen molar-refractivity contribution in [3.05, 3.63) is 60.1 Å². The molecule has 8 heteroatoms. The smallest absolute Gasteiger partial charge is 0.246 e. The Bertz CT molecular complexity index is 938. The molecular weight excluding hydrogens is 368 g/mol. The van der Waals surface area contributed by atoms with Crippen molar-refractivity contribution in [1.29, 1.82) is 0 Å². The summed E-state index contributed by atoms with van der Waals surface area (Å²) in [4.78, 5) is 25.3. The predicted molar refractivity (Wildman–Crippen MR) is 99.5 cm³/mol. The van der Waals surface area contributed by atoms with E-state index in [4.69, 9.17) is 4.42 Å². The summed E-state index contributed by atoms with van der Waals surface area (Å²) in [7, 11) is -3.65. The van der Waals surface area contributed by atoms with E-state index in [1.54, 1.807) is 23.1 Å². The first-order chi connectivity index (χ1) is 12.9. The molecule has 0 unspecified atom stereocenters. The summed E-state index contributed by atoms with van der Waals surface area (Å²) < 4.78 is 32.0. The van der Waals surface area contributed by atoms with Crippen LogP contribution in [0.5, 0.6) is 0 Å². The normalized spacial score (nSPS) is 16.0. The Kier molecular flexibility index (Phi) is 5.57. The summed E-state index contributed by atoms with van der Waals surface area (Å²) in [6.45, 7) is 2.49. The van der Waals surface area contributed by atoms with Crippen molar-refractivity contribution in [2.45, 2.75) is 11.8 Å². The Morgan fingerprint density at radius 3 is 2.26 bits per heavy atom. The molecule has 1 fully saturated rings. The number of hydrogen-bond acceptors (Lipinski definition) is 5. The summed E-state index contributed by atoms with van der Waals surface area (Å²) in [6.07, 6.45) is 4.53. The molecule has 0 aliphatic carbocycles. The van der Waals surface area contributed by atoms with Gasteiger partial charge in [0.05, 0.1) is 11.2 Å². The second kappa shape index (κ2) is 7.89. The van der Waals surface area contributed by atoms with Crippen molar-refractivity contribution in [1.82, 2.24) is 9.21 Å². The van der Waals surface area contributed by atoms with Gasteiger partial charge >= 0.3 is 0 Å². The zero-order valence-corrected chi connectivity index (χ0v) is 15.7. The van der Waals surface area contributed by atoms with Crippen molar-refractivity contribution in [2.75, 3.05) is 26.2 Å². The largest absolute Gasteiger partial charge is 0.465 e. The number of rotatable bonds is 5. The van der Waals surface area contributed by atoms with Crippen LogP contribution in [0.25, 0.3) is 6.08 Å². The molecule has 0 bridgehead atoms. The van der Waals surface area contributed by atoms with Crippen molar-refractivity contribution in [3.8, 4) is 0 Å². The number of ketones is 1. The summed E-state index contributed by atoms with van der Waals surface area (Å²) in [5.41, 5.74) is 0.465. The molecule has 2 heterocycles. The number of sulfonamides is 1. The molecule has 1 aliphatic rings. The van der Waals surface area contributed by atoms with Gasteiger partial charge in [-0.25, -0.2) is 8.42 Å². The van der Waals surface area contributed by atoms with Crippen molar-refractivity contribution in [3.63, 3.8) is 0 Å². The zero-order valence-electron chi connectivity index (χ0n) is 14.9. The monoisotopic (exact) mass is 388 g/mol. The number of hydrogen-bond donors (Lipinski definition) is 0. The van der Waals surface area contributed by atoms with E-state index in [1.165, 1.54) is 47.8 Å². The molecule has 0 saturated carbocycles. The minimum absolute atomic E-state index is 0.117. The van der Waals surface area contributed by atoms with Gasteiger partial charge in [-0.05, 0) is 37.3 Å². The molecule has 0 atom stereocenters. The Hall–Kier alpha value is -2.71. The molecule has 1 aliphatic heterocycles. The first-order valence-electron chi connectivity index (χ1n) is 8.49. The summed E-state index contributed by atoms with van der Waals surface area (Å²) >= 11 is 0. The van der Waals surface area contributed by atoms with Crippen LogP contribution in [0.4, 0.5) is 0 Å². The Balaban J connectivity index is 1.62. The zero-order chi connectivity index (χ0) is 19.4. The predicted octanol–water partition coefficient (Wildman–Crippen LogP) is 2.03. The molecule has 1 amide bonds. The lowest BCUT2D eigenvalue weighted by molar-refractivity contribution is -0.127. The molecule has 2 aromatic rings. The number of furan rings is 1. The lowest BCUT2D eigenvalue weighted by Gasteiger charge is -2.33. The lowest BCUT2D eigenvalue weighted by atomic mass is 10.2. The van der Waals surface area contributed by atoms with E-state index in [-0.39, 0.29) is 29.7 Å². The maximum atomic E-state index is 12.7. The van der Waals surface area contributed by atoms with E-state index in [2.05, 4.69) is 0 Å². The van der Waals surface area contributed by atoms with Crippen LogP contribution in [0.3, 0.4) is 0 Å². The number of nitrogens with zero attached hydrogens (tertiary/aromatic N) is 2. The first-order valence-corrected chi connectivity index (χ1v) is 9.93. The second-order valence-electron chi connectivity index (χ2n) is 6.16. The van der Waals surface area contributed by atoms with Gasteiger partial charge in [0.2, 0.25) is 15.9 Å².